The van der Waals surface area contributed by atoms with Gasteiger partial charge >= 0.3 is 0 Å². The Balaban J connectivity index is 2.84. The molecule has 1 rings (SSSR count). The molecule has 0 aliphatic carbocycles. The van der Waals surface area contributed by atoms with Gasteiger partial charge in [-0.25, -0.2) is 0 Å². The summed E-state index contributed by atoms with van der Waals surface area (Å²) in [6.45, 7) is 11.7. The van der Waals surface area contributed by atoms with Crippen LogP contribution in [0.4, 0.5) is 0 Å². The fourth-order valence-electron chi connectivity index (χ4n) is 2.82. The average molecular weight is 286 g/mol. The molecule has 2 unspecified atom stereocenters. The average Bonchev–Trinajstić information content (AvgIpc) is 2.62. The molecule has 1 aliphatic heterocycles. The van der Waals surface area contributed by atoms with Crippen LogP contribution in [0.25, 0.3) is 0 Å². The fourth-order valence-corrected chi connectivity index (χ4v) is 3.66. The first-order chi connectivity index (χ1) is 8.89. The lowest BCUT2D eigenvalue weighted by Gasteiger charge is -2.37. The molecule has 1 aliphatic rings. The Morgan fingerprint density at radius 2 is 1.95 bits per heavy atom. The van der Waals surface area contributed by atoms with Gasteiger partial charge in [-0.05, 0) is 38.4 Å². The second-order valence-electron chi connectivity index (χ2n) is 6.09. The zero-order chi connectivity index (χ0) is 14.6. The number of nitrogens with zero attached hydrogens (tertiary/aromatic N) is 1. The Kier molecular flexibility index (Phi) is 6.18. The van der Waals surface area contributed by atoms with Crippen LogP contribution in [0.15, 0.2) is 0 Å². The number of hydrogen-bond donors (Lipinski definition) is 1. The number of nitrogens with one attached hydrogen (secondary N) is 1. The van der Waals surface area contributed by atoms with Crippen molar-refractivity contribution in [2.75, 3.05) is 12.8 Å². The first-order valence-electron chi connectivity index (χ1n) is 7.50. The summed E-state index contributed by atoms with van der Waals surface area (Å²) in [5.74, 6) is 0.871. The van der Waals surface area contributed by atoms with Gasteiger partial charge in [0.05, 0.1) is 12.2 Å². The van der Waals surface area contributed by atoms with E-state index in [1.165, 1.54) is 0 Å². The van der Waals surface area contributed by atoms with E-state index in [4.69, 9.17) is 0 Å². The van der Waals surface area contributed by atoms with Crippen molar-refractivity contribution in [3.8, 4) is 0 Å². The normalized spacial score (nSPS) is 24.6. The van der Waals surface area contributed by atoms with E-state index in [1.807, 2.05) is 18.7 Å². The van der Waals surface area contributed by atoms with Crippen LogP contribution in [0.3, 0.4) is 0 Å². The quantitative estimate of drug-likeness (QED) is 0.780. The van der Waals surface area contributed by atoms with E-state index < -0.39 is 0 Å². The summed E-state index contributed by atoms with van der Waals surface area (Å²) in [5.41, 5.74) is 0. The smallest absolute Gasteiger partial charge is 0.240 e. The molecule has 1 fully saturated rings. The maximum absolute atomic E-state index is 12.4. The van der Waals surface area contributed by atoms with Gasteiger partial charge in [0.2, 0.25) is 5.91 Å². The van der Waals surface area contributed by atoms with Gasteiger partial charge in [0.1, 0.15) is 0 Å². The van der Waals surface area contributed by atoms with Crippen molar-refractivity contribution in [2.24, 2.45) is 5.92 Å². The highest BCUT2D eigenvalue weighted by Crippen LogP contribution is 2.33. The van der Waals surface area contributed by atoms with Gasteiger partial charge in [-0.2, -0.15) is 11.8 Å². The fraction of sp³-hybridized carbons (Fsp3) is 0.933. The highest BCUT2D eigenvalue weighted by atomic mass is 32.2. The standard InChI is InChI=1S/C15H30N2OS/c1-7-15(8-2,19-6)10-17-13(9-11(3)4)16-12(5)14(17)18/h11-13,16H,7-10H2,1-6H3. The lowest BCUT2D eigenvalue weighted by Crippen LogP contribution is -2.46. The van der Waals surface area contributed by atoms with Gasteiger partial charge in [0.25, 0.3) is 0 Å². The van der Waals surface area contributed by atoms with Crippen LogP contribution in [0.5, 0.6) is 0 Å². The maximum atomic E-state index is 12.4. The van der Waals surface area contributed by atoms with E-state index in [-0.39, 0.29) is 22.9 Å². The molecule has 0 bridgehead atoms. The van der Waals surface area contributed by atoms with Crippen molar-refractivity contribution in [3.05, 3.63) is 0 Å². The second kappa shape index (κ2) is 6.98. The first kappa shape index (κ1) is 16.8. The number of thioether (sulfide) groups is 1. The molecule has 0 saturated carbocycles. The molecule has 3 nitrogen and oxygen atoms in total. The van der Waals surface area contributed by atoms with E-state index in [0.717, 1.165) is 25.8 Å². The van der Waals surface area contributed by atoms with Crippen molar-refractivity contribution < 1.29 is 4.79 Å². The largest absolute Gasteiger partial charge is 0.324 e. The maximum Gasteiger partial charge on any atom is 0.240 e. The summed E-state index contributed by atoms with van der Waals surface area (Å²) < 4.78 is 0.205. The van der Waals surface area contributed by atoms with Crippen LogP contribution in [-0.2, 0) is 4.79 Å². The highest BCUT2D eigenvalue weighted by Gasteiger charge is 2.40. The minimum atomic E-state index is -0.0305. The van der Waals surface area contributed by atoms with Crippen LogP contribution in [-0.4, -0.2) is 40.6 Å². The zero-order valence-corrected chi connectivity index (χ0v) is 14.1. The predicted octanol–water partition coefficient (Wildman–Crippen LogP) is 3.10. The summed E-state index contributed by atoms with van der Waals surface area (Å²) in [6.07, 6.45) is 5.64. The number of hydrogen-bond acceptors (Lipinski definition) is 3. The van der Waals surface area contributed by atoms with E-state index in [0.29, 0.717) is 5.92 Å². The Morgan fingerprint density at radius 3 is 2.37 bits per heavy atom. The molecule has 1 amide bonds. The Bertz CT molecular complexity index is 294. The van der Waals surface area contributed by atoms with Gasteiger partial charge in [0.15, 0.2) is 0 Å². The molecule has 19 heavy (non-hydrogen) atoms. The minimum Gasteiger partial charge on any atom is -0.324 e. The third-order valence-electron chi connectivity index (χ3n) is 4.35. The van der Waals surface area contributed by atoms with Crippen molar-refractivity contribution in [2.45, 2.75) is 70.8 Å². The van der Waals surface area contributed by atoms with Gasteiger partial charge in [-0.15, -0.1) is 0 Å². The van der Waals surface area contributed by atoms with Crippen LogP contribution in [0.1, 0.15) is 53.9 Å². The minimum absolute atomic E-state index is 0.0305. The number of amides is 1. The van der Waals surface area contributed by atoms with E-state index in [2.05, 4.69) is 44.2 Å². The molecule has 1 heterocycles. The van der Waals surface area contributed by atoms with Crippen molar-refractivity contribution >= 4 is 17.7 Å². The molecule has 0 aromatic rings. The Morgan fingerprint density at radius 1 is 1.37 bits per heavy atom. The van der Waals surface area contributed by atoms with Gasteiger partial charge in [-0.3, -0.25) is 10.1 Å². The van der Waals surface area contributed by atoms with Crippen molar-refractivity contribution in [1.82, 2.24) is 10.2 Å². The summed E-state index contributed by atoms with van der Waals surface area (Å²) >= 11 is 1.91. The summed E-state index contributed by atoms with van der Waals surface area (Å²) in [5, 5.41) is 3.45. The van der Waals surface area contributed by atoms with Gasteiger partial charge in [-0.1, -0.05) is 27.7 Å². The highest BCUT2D eigenvalue weighted by molar-refractivity contribution is 8.00. The zero-order valence-electron chi connectivity index (χ0n) is 13.3. The molecule has 1 saturated heterocycles. The summed E-state index contributed by atoms with van der Waals surface area (Å²) in [4.78, 5) is 14.5. The summed E-state index contributed by atoms with van der Waals surface area (Å²) in [7, 11) is 0. The van der Waals surface area contributed by atoms with E-state index in [9.17, 15) is 4.79 Å². The molecule has 0 spiro atoms. The van der Waals surface area contributed by atoms with E-state index >= 15 is 0 Å². The molecule has 1 N–H and O–H groups in total. The van der Waals surface area contributed by atoms with Crippen molar-refractivity contribution in [1.29, 1.82) is 0 Å². The molecular formula is C15H30N2OS. The Hall–Kier alpha value is -0.220. The molecule has 0 radical (unpaired) electrons. The second-order valence-corrected chi connectivity index (χ2v) is 7.37. The molecule has 4 heteroatoms. The molecular weight excluding hydrogens is 256 g/mol. The lowest BCUT2D eigenvalue weighted by atomic mass is 10.0. The van der Waals surface area contributed by atoms with Crippen molar-refractivity contribution in [3.63, 3.8) is 0 Å². The number of carbonyl (C=O) groups excluding carboxylic acids is 1. The molecule has 2 atom stereocenters. The SMILES string of the molecule is CCC(CC)(CN1C(=O)C(C)NC1CC(C)C)SC. The van der Waals surface area contributed by atoms with Gasteiger partial charge in [0, 0.05) is 11.3 Å². The monoisotopic (exact) mass is 286 g/mol. The third-order valence-corrected chi connectivity index (χ3v) is 5.92. The van der Waals surface area contributed by atoms with Crippen LogP contribution >= 0.6 is 11.8 Å². The summed E-state index contributed by atoms with van der Waals surface area (Å²) in [6, 6.07) is -0.0305. The van der Waals surface area contributed by atoms with Gasteiger partial charge < -0.3 is 4.90 Å². The number of carbonyl (C=O) groups is 1. The first-order valence-corrected chi connectivity index (χ1v) is 8.73. The molecule has 112 valence electrons. The molecule has 0 aromatic carbocycles. The number of rotatable bonds is 7. The van der Waals surface area contributed by atoms with Crippen LogP contribution in [0.2, 0.25) is 0 Å². The van der Waals surface area contributed by atoms with Crippen LogP contribution < -0.4 is 5.32 Å². The molecule has 0 aromatic heterocycles. The predicted molar refractivity (Wildman–Crippen MR) is 84.4 cm³/mol. The topological polar surface area (TPSA) is 32.3 Å². The van der Waals surface area contributed by atoms with Crippen LogP contribution in [0, 0.1) is 5.92 Å². The van der Waals surface area contributed by atoms with E-state index in [1.54, 1.807) is 0 Å². The lowest BCUT2D eigenvalue weighted by molar-refractivity contribution is -0.130. The Labute approximate surface area is 122 Å². The third kappa shape index (κ3) is 3.88.